The van der Waals surface area contributed by atoms with Crippen molar-refractivity contribution in [2.45, 2.75) is 12.6 Å². The largest absolute Gasteiger partial charge is 0.459 e. The summed E-state index contributed by atoms with van der Waals surface area (Å²) in [4.78, 5) is 17.3. The topological polar surface area (TPSA) is 32.8 Å². The standard InChI is InChI=1S/C20H24N2O2/c1-21-12-14-22(15-13-21)19(18-10-6-3-7-11-18)20(23)24-16-17-8-4-2-5-9-17/h2-11,19H,12-16H2,1H3. The fourth-order valence-electron chi connectivity index (χ4n) is 3.02. The Kier molecular flexibility index (Phi) is 5.62. The molecule has 4 heteroatoms. The van der Waals surface area contributed by atoms with Gasteiger partial charge in [0, 0.05) is 26.2 Å². The van der Waals surface area contributed by atoms with Crippen LogP contribution in [0.15, 0.2) is 60.7 Å². The average Bonchev–Trinajstić information content (AvgIpc) is 2.64. The zero-order chi connectivity index (χ0) is 16.8. The molecule has 126 valence electrons. The lowest BCUT2D eigenvalue weighted by molar-refractivity contribution is -0.152. The molecule has 0 bridgehead atoms. The lowest BCUT2D eigenvalue weighted by Gasteiger charge is -2.36. The fraction of sp³-hybridized carbons (Fsp3) is 0.350. The van der Waals surface area contributed by atoms with Gasteiger partial charge in [0.1, 0.15) is 12.6 Å². The minimum absolute atomic E-state index is 0.172. The molecular weight excluding hydrogens is 300 g/mol. The molecule has 0 radical (unpaired) electrons. The number of hydrogen-bond acceptors (Lipinski definition) is 4. The van der Waals surface area contributed by atoms with Crippen LogP contribution in [0.3, 0.4) is 0 Å². The Morgan fingerprint density at radius 3 is 2.17 bits per heavy atom. The van der Waals surface area contributed by atoms with E-state index in [4.69, 9.17) is 4.74 Å². The van der Waals surface area contributed by atoms with E-state index in [1.807, 2.05) is 60.7 Å². The van der Waals surface area contributed by atoms with Gasteiger partial charge in [-0.2, -0.15) is 0 Å². The van der Waals surface area contributed by atoms with Crippen molar-refractivity contribution >= 4 is 5.97 Å². The van der Waals surface area contributed by atoms with Gasteiger partial charge in [0.15, 0.2) is 0 Å². The third-order valence-corrected chi connectivity index (χ3v) is 4.47. The van der Waals surface area contributed by atoms with Crippen LogP contribution < -0.4 is 0 Å². The monoisotopic (exact) mass is 324 g/mol. The molecule has 1 aliphatic heterocycles. The summed E-state index contributed by atoms with van der Waals surface area (Å²) < 4.78 is 5.63. The molecule has 0 aliphatic carbocycles. The summed E-state index contributed by atoms with van der Waals surface area (Å²) in [6, 6.07) is 19.4. The first-order valence-electron chi connectivity index (χ1n) is 8.42. The van der Waals surface area contributed by atoms with Gasteiger partial charge in [-0.25, -0.2) is 4.79 Å². The number of ether oxygens (including phenoxy) is 1. The Morgan fingerprint density at radius 2 is 1.54 bits per heavy atom. The van der Waals surface area contributed by atoms with E-state index in [0.717, 1.165) is 37.3 Å². The Morgan fingerprint density at radius 1 is 0.958 bits per heavy atom. The summed E-state index contributed by atoms with van der Waals surface area (Å²) in [7, 11) is 2.11. The molecule has 4 nitrogen and oxygen atoms in total. The van der Waals surface area contributed by atoms with Gasteiger partial charge in [-0.1, -0.05) is 60.7 Å². The maximum absolute atomic E-state index is 12.8. The van der Waals surface area contributed by atoms with Gasteiger partial charge in [-0.05, 0) is 18.2 Å². The molecular formula is C20H24N2O2. The SMILES string of the molecule is CN1CCN(C(C(=O)OCc2ccccc2)c2ccccc2)CC1. The fourth-order valence-corrected chi connectivity index (χ4v) is 3.02. The van der Waals surface area contributed by atoms with Crippen molar-refractivity contribution in [3.8, 4) is 0 Å². The number of esters is 1. The molecule has 1 unspecified atom stereocenters. The summed E-state index contributed by atoms with van der Waals surface area (Å²) in [6.45, 7) is 3.99. The highest BCUT2D eigenvalue weighted by Crippen LogP contribution is 2.24. The van der Waals surface area contributed by atoms with E-state index < -0.39 is 0 Å². The normalized spacial score (nSPS) is 17.4. The van der Waals surface area contributed by atoms with E-state index in [9.17, 15) is 4.79 Å². The first-order valence-corrected chi connectivity index (χ1v) is 8.42. The van der Waals surface area contributed by atoms with Gasteiger partial charge >= 0.3 is 5.97 Å². The number of carbonyl (C=O) groups is 1. The first kappa shape index (κ1) is 16.7. The zero-order valence-corrected chi connectivity index (χ0v) is 14.1. The highest BCUT2D eigenvalue weighted by atomic mass is 16.5. The van der Waals surface area contributed by atoms with Crippen molar-refractivity contribution in [2.75, 3.05) is 33.2 Å². The van der Waals surface area contributed by atoms with Gasteiger partial charge in [0.05, 0.1) is 0 Å². The maximum Gasteiger partial charge on any atom is 0.328 e. The lowest BCUT2D eigenvalue weighted by atomic mass is 10.0. The van der Waals surface area contributed by atoms with Crippen molar-refractivity contribution < 1.29 is 9.53 Å². The van der Waals surface area contributed by atoms with Crippen LogP contribution in [0.1, 0.15) is 17.2 Å². The Hall–Kier alpha value is -2.17. The van der Waals surface area contributed by atoms with Gasteiger partial charge in [-0.3, -0.25) is 4.90 Å². The number of likely N-dealkylation sites (N-methyl/N-ethyl adjacent to an activating group) is 1. The number of carbonyl (C=O) groups excluding carboxylic acids is 1. The molecule has 1 fully saturated rings. The van der Waals surface area contributed by atoms with Crippen molar-refractivity contribution in [1.82, 2.24) is 9.80 Å². The minimum Gasteiger partial charge on any atom is -0.459 e. The van der Waals surface area contributed by atoms with Crippen LogP contribution >= 0.6 is 0 Å². The molecule has 1 atom stereocenters. The summed E-state index contributed by atoms with van der Waals surface area (Å²) in [5.41, 5.74) is 2.01. The maximum atomic E-state index is 12.8. The predicted molar refractivity (Wildman–Crippen MR) is 94.5 cm³/mol. The molecule has 1 aliphatic rings. The summed E-state index contributed by atoms with van der Waals surface area (Å²) in [5.74, 6) is -0.172. The van der Waals surface area contributed by atoms with E-state index in [2.05, 4.69) is 16.8 Å². The van der Waals surface area contributed by atoms with Crippen molar-refractivity contribution in [1.29, 1.82) is 0 Å². The molecule has 2 aromatic rings. The third-order valence-electron chi connectivity index (χ3n) is 4.47. The summed E-state index contributed by atoms with van der Waals surface area (Å²) in [6.07, 6.45) is 0. The quantitative estimate of drug-likeness (QED) is 0.792. The van der Waals surface area contributed by atoms with E-state index in [1.165, 1.54) is 0 Å². The Labute approximate surface area is 143 Å². The van der Waals surface area contributed by atoms with Crippen LogP contribution in [-0.2, 0) is 16.1 Å². The van der Waals surface area contributed by atoms with Crippen LogP contribution in [0.25, 0.3) is 0 Å². The molecule has 0 amide bonds. The molecule has 0 aromatic heterocycles. The van der Waals surface area contributed by atoms with Crippen molar-refractivity contribution in [3.05, 3.63) is 71.8 Å². The second-order valence-corrected chi connectivity index (χ2v) is 6.25. The molecule has 0 N–H and O–H groups in total. The third kappa shape index (κ3) is 4.22. The number of benzene rings is 2. The molecule has 3 rings (SSSR count). The van der Waals surface area contributed by atoms with Gasteiger partial charge < -0.3 is 9.64 Å². The Bertz CT molecular complexity index is 637. The number of rotatable bonds is 5. The van der Waals surface area contributed by atoms with Gasteiger partial charge in [0.2, 0.25) is 0 Å². The van der Waals surface area contributed by atoms with Crippen molar-refractivity contribution in [2.24, 2.45) is 0 Å². The molecule has 0 saturated carbocycles. The number of nitrogens with zero attached hydrogens (tertiary/aromatic N) is 2. The van der Waals surface area contributed by atoms with Gasteiger partial charge in [0.25, 0.3) is 0 Å². The van der Waals surface area contributed by atoms with Crippen molar-refractivity contribution in [3.63, 3.8) is 0 Å². The number of hydrogen-bond donors (Lipinski definition) is 0. The van der Waals surface area contributed by atoms with E-state index in [1.54, 1.807) is 0 Å². The second kappa shape index (κ2) is 8.08. The summed E-state index contributed by atoms with van der Waals surface area (Å²) in [5, 5.41) is 0. The molecule has 0 spiro atoms. The van der Waals surface area contributed by atoms with Crippen LogP contribution in [0, 0.1) is 0 Å². The van der Waals surface area contributed by atoms with Crippen LogP contribution in [-0.4, -0.2) is 49.0 Å². The Balaban J connectivity index is 1.72. The molecule has 1 heterocycles. The van der Waals surface area contributed by atoms with Crippen LogP contribution in [0.5, 0.6) is 0 Å². The van der Waals surface area contributed by atoms with Gasteiger partial charge in [-0.15, -0.1) is 0 Å². The summed E-state index contributed by atoms with van der Waals surface area (Å²) >= 11 is 0. The first-order chi connectivity index (χ1) is 11.7. The molecule has 1 saturated heterocycles. The van der Waals surface area contributed by atoms with E-state index >= 15 is 0 Å². The highest BCUT2D eigenvalue weighted by molar-refractivity contribution is 5.77. The van der Waals surface area contributed by atoms with E-state index in [0.29, 0.717) is 6.61 Å². The second-order valence-electron chi connectivity index (χ2n) is 6.25. The highest BCUT2D eigenvalue weighted by Gasteiger charge is 2.30. The minimum atomic E-state index is -0.330. The predicted octanol–water partition coefficient (Wildman–Crippen LogP) is 2.72. The van der Waals surface area contributed by atoms with E-state index in [-0.39, 0.29) is 12.0 Å². The molecule has 24 heavy (non-hydrogen) atoms. The average molecular weight is 324 g/mol. The zero-order valence-electron chi connectivity index (χ0n) is 14.1. The van der Waals surface area contributed by atoms with Crippen LogP contribution in [0.2, 0.25) is 0 Å². The smallest absolute Gasteiger partial charge is 0.328 e. The molecule has 2 aromatic carbocycles. The number of piperazine rings is 1. The lowest BCUT2D eigenvalue weighted by Crippen LogP contribution is -2.48. The van der Waals surface area contributed by atoms with Crippen LogP contribution in [0.4, 0.5) is 0 Å².